The molecule has 0 aliphatic heterocycles. The van der Waals surface area contributed by atoms with Crippen molar-refractivity contribution in [1.29, 1.82) is 0 Å². The monoisotopic (exact) mass is 267 g/mol. The second-order valence-electron chi connectivity index (χ2n) is 4.35. The number of phenols is 1. The predicted molar refractivity (Wildman–Crippen MR) is 75.6 cm³/mol. The van der Waals surface area contributed by atoms with Crippen molar-refractivity contribution in [3.05, 3.63) is 54.6 Å². The maximum absolute atomic E-state index is 9.28. The molecule has 0 atom stereocenters. The Labute approximate surface area is 116 Å². The molecule has 0 saturated heterocycles. The van der Waals surface area contributed by atoms with Crippen LogP contribution in [0.4, 0.5) is 0 Å². The van der Waals surface area contributed by atoms with Gasteiger partial charge in [-0.25, -0.2) is 0 Å². The number of hydrogen-bond donors (Lipinski definition) is 1. The second-order valence-corrected chi connectivity index (χ2v) is 4.35. The zero-order valence-corrected chi connectivity index (χ0v) is 10.9. The predicted octanol–water partition coefficient (Wildman–Crippen LogP) is 3.72. The third-order valence-corrected chi connectivity index (χ3v) is 3.05. The topological polar surface area (TPSA) is 55.5 Å². The van der Waals surface area contributed by atoms with Crippen molar-refractivity contribution in [3.8, 4) is 34.1 Å². The highest BCUT2D eigenvalue weighted by molar-refractivity contribution is 5.67. The van der Waals surface area contributed by atoms with Gasteiger partial charge in [0.25, 0.3) is 0 Å². The van der Waals surface area contributed by atoms with Gasteiger partial charge < -0.3 is 14.4 Å². The van der Waals surface area contributed by atoms with Crippen molar-refractivity contribution < 1.29 is 14.4 Å². The molecule has 1 aromatic heterocycles. The van der Waals surface area contributed by atoms with E-state index >= 15 is 0 Å². The minimum Gasteiger partial charge on any atom is -0.508 e. The van der Waals surface area contributed by atoms with E-state index in [4.69, 9.17) is 9.26 Å². The smallest absolute Gasteiger partial charge is 0.167 e. The second kappa shape index (κ2) is 5.09. The van der Waals surface area contributed by atoms with Gasteiger partial charge in [-0.1, -0.05) is 5.16 Å². The van der Waals surface area contributed by atoms with Crippen LogP contribution in [0.2, 0.25) is 0 Å². The van der Waals surface area contributed by atoms with E-state index in [1.807, 2.05) is 30.3 Å². The van der Waals surface area contributed by atoms with Gasteiger partial charge >= 0.3 is 0 Å². The van der Waals surface area contributed by atoms with Crippen LogP contribution in [0.5, 0.6) is 11.5 Å². The molecule has 4 nitrogen and oxygen atoms in total. The molecule has 1 heterocycles. The van der Waals surface area contributed by atoms with E-state index < -0.39 is 0 Å². The maximum atomic E-state index is 9.28. The molecule has 1 N–H and O–H groups in total. The van der Waals surface area contributed by atoms with E-state index in [1.165, 1.54) is 0 Å². The third-order valence-electron chi connectivity index (χ3n) is 3.05. The van der Waals surface area contributed by atoms with Gasteiger partial charge in [0.1, 0.15) is 17.2 Å². The Morgan fingerprint density at radius 2 is 1.60 bits per heavy atom. The summed E-state index contributed by atoms with van der Waals surface area (Å²) in [6.45, 7) is 0. The summed E-state index contributed by atoms with van der Waals surface area (Å²) in [5.74, 6) is 1.72. The average molecular weight is 267 g/mol. The lowest BCUT2D eigenvalue weighted by molar-refractivity contribution is 0.414. The molecule has 0 saturated carbocycles. The zero-order valence-electron chi connectivity index (χ0n) is 10.9. The van der Waals surface area contributed by atoms with Crippen molar-refractivity contribution >= 4 is 0 Å². The molecule has 0 fully saturated rings. The highest BCUT2D eigenvalue weighted by Crippen LogP contribution is 2.27. The summed E-state index contributed by atoms with van der Waals surface area (Å²) in [6, 6.07) is 16.3. The Kier molecular flexibility index (Phi) is 3.13. The standard InChI is InChI=1S/C16H13NO3/c1-19-14-8-4-12(5-9-14)16-10-15(17-20-16)11-2-6-13(18)7-3-11/h2-10,18H,1H3. The van der Waals surface area contributed by atoms with Crippen LogP contribution in [0.3, 0.4) is 0 Å². The lowest BCUT2D eigenvalue weighted by Crippen LogP contribution is -1.81. The molecule has 0 aliphatic rings. The first-order valence-corrected chi connectivity index (χ1v) is 6.17. The van der Waals surface area contributed by atoms with Crippen molar-refractivity contribution in [1.82, 2.24) is 5.16 Å². The average Bonchev–Trinajstić information content (AvgIpc) is 2.98. The van der Waals surface area contributed by atoms with Crippen LogP contribution in [0.25, 0.3) is 22.6 Å². The van der Waals surface area contributed by atoms with Crippen LogP contribution >= 0.6 is 0 Å². The molecule has 3 aromatic rings. The Morgan fingerprint density at radius 3 is 2.25 bits per heavy atom. The fraction of sp³-hybridized carbons (Fsp3) is 0.0625. The van der Waals surface area contributed by atoms with Gasteiger partial charge in [0.2, 0.25) is 0 Å². The van der Waals surface area contributed by atoms with Gasteiger partial charge in [0, 0.05) is 17.2 Å². The molecule has 100 valence electrons. The Hall–Kier alpha value is -2.75. The van der Waals surface area contributed by atoms with Gasteiger partial charge in [-0.2, -0.15) is 0 Å². The minimum atomic E-state index is 0.229. The van der Waals surface area contributed by atoms with Crippen LogP contribution in [0.15, 0.2) is 59.1 Å². The van der Waals surface area contributed by atoms with Crippen LogP contribution in [0.1, 0.15) is 0 Å². The van der Waals surface area contributed by atoms with E-state index in [2.05, 4.69) is 5.16 Å². The fourth-order valence-corrected chi connectivity index (χ4v) is 1.93. The van der Waals surface area contributed by atoms with E-state index in [0.717, 1.165) is 22.6 Å². The molecule has 20 heavy (non-hydrogen) atoms. The minimum absolute atomic E-state index is 0.229. The molecule has 4 heteroatoms. The van der Waals surface area contributed by atoms with Gasteiger partial charge in [-0.3, -0.25) is 0 Å². The number of phenolic OH excluding ortho intramolecular Hbond substituents is 1. The molecular formula is C16H13NO3. The number of benzene rings is 2. The number of ether oxygens (including phenoxy) is 1. The summed E-state index contributed by atoms with van der Waals surface area (Å²) < 4.78 is 10.5. The molecule has 3 rings (SSSR count). The van der Waals surface area contributed by atoms with Gasteiger partial charge in [0.05, 0.1) is 7.11 Å². The van der Waals surface area contributed by atoms with Crippen LogP contribution in [0, 0.1) is 0 Å². The molecule has 0 aliphatic carbocycles. The summed E-state index contributed by atoms with van der Waals surface area (Å²) >= 11 is 0. The molecule has 0 spiro atoms. The number of hydrogen-bond acceptors (Lipinski definition) is 4. The number of methoxy groups -OCH3 is 1. The molecule has 0 radical (unpaired) electrons. The lowest BCUT2D eigenvalue weighted by Gasteiger charge is -1.99. The maximum Gasteiger partial charge on any atom is 0.167 e. The van der Waals surface area contributed by atoms with Crippen LogP contribution < -0.4 is 4.74 Å². The van der Waals surface area contributed by atoms with Crippen molar-refractivity contribution in [3.63, 3.8) is 0 Å². The van der Waals surface area contributed by atoms with Crippen molar-refractivity contribution in [2.24, 2.45) is 0 Å². The van der Waals surface area contributed by atoms with Crippen LogP contribution in [-0.4, -0.2) is 17.4 Å². The molecular weight excluding hydrogens is 254 g/mol. The third kappa shape index (κ3) is 2.36. The summed E-state index contributed by atoms with van der Waals surface area (Å²) in [5, 5.41) is 13.3. The summed E-state index contributed by atoms with van der Waals surface area (Å²) in [6.07, 6.45) is 0. The van der Waals surface area contributed by atoms with Gasteiger partial charge in [-0.05, 0) is 48.5 Å². The fourth-order valence-electron chi connectivity index (χ4n) is 1.93. The quantitative estimate of drug-likeness (QED) is 0.785. The Bertz CT molecular complexity index is 699. The van der Waals surface area contributed by atoms with Crippen LogP contribution in [-0.2, 0) is 0 Å². The largest absolute Gasteiger partial charge is 0.508 e. The first-order chi connectivity index (χ1) is 9.76. The molecule has 0 bridgehead atoms. The zero-order chi connectivity index (χ0) is 13.9. The van der Waals surface area contributed by atoms with Gasteiger partial charge in [-0.15, -0.1) is 0 Å². The lowest BCUT2D eigenvalue weighted by atomic mass is 10.1. The van der Waals surface area contributed by atoms with E-state index in [1.54, 1.807) is 31.4 Å². The molecule has 2 aromatic carbocycles. The first kappa shape index (κ1) is 12.3. The number of nitrogens with zero attached hydrogens (tertiary/aromatic N) is 1. The SMILES string of the molecule is COc1ccc(-c2cc(-c3ccc(O)cc3)no2)cc1. The molecule has 0 unspecified atom stereocenters. The van der Waals surface area contributed by atoms with E-state index in [-0.39, 0.29) is 5.75 Å². The van der Waals surface area contributed by atoms with E-state index in [9.17, 15) is 5.11 Å². The number of rotatable bonds is 3. The summed E-state index contributed by atoms with van der Waals surface area (Å²) in [7, 11) is 1.63. The highest BCUT2D eigenvalue weighted by atomic mass is 16.5. The summed E-state index contributed by atoms with van der Waals surface area (Å²) in [4.78, 5) is 0. The normalized spacial score (nSPS) is 10.4. The summed E-state index contributed by atoms with van der Waals surface area (Å²) in [5.41, 5.74) is 2.56. The highest BCUT2D eigenvalue weighted by Gasteiger charge is 2.08. The Balaban J connectivity index is 1.91. The number of aromatic hydroxyl groups is 1. The Morgan fingerprint density at radius 1 is 0.950 bits per heavy atom. The van der Waals surface area contributed by atoms with Crippen molar-refractivity contribution in [2.75, 3.05) is 7.11 Å². The van der Waals surface area contributed by atoms with Crippen molar-refractivity contribution in [2.45, 2.75) is 0 Å². The first-order valence-electron chi connectivity index (χ1n) is 6.17. The number of aromatic nitrogens is 1. The molecule has 0 amide bonds. The van der Waals surface area contributed by atoms with Gasteiger partial charge in [0.15, 0.2) is 5.76 Å². The van der Waals surface area contributed by atoms with E-state index in [0.29, 0.717) is 5.76 Å².